The molecule has 0 aliphatic carbocycles. The SMILES string of the molecule is COc1ccc(Br)cc1/C=C/C(=O)Nc1ccc(C2CCN(C(=O)c3ccn4ccnc4c3)CC2)cc1. The van der Waals surface area contributed by atoms with Crippen LogP contribution in [-0.4, -0.2) is 46.3 Å². The number of nitrogens with one attached hydrogen (secondary N) is 1. The number of ether oxygens (including phenoxy) is 1. The zero-order chi connectivity index (χ0) is 25.8. The second-order valence-corrected chi connectivity index (χ2v) is 9.92. The van der Waals surface area contributed by atoms with Crippen molar-refractivity contribution in [2.24, 2.45) is 0 Å². The summed E-state index contributed by atoms with van der Waals surface area (Å²) in [7, 11) is 1.60. The van der Waals surface area contributed by atoms with Crippen molar-refractivity contribution in [2.75, 3.05) is 25.5 Å². The number of halogens is 1. The van der Waals surface area contributed by atoms with Crippen molar-refractivity contribution >= 4 is 45.2 Å². The summed E-state index contributed by atoms with van der Waals surface area (Å²) >= 11 is 3.44. The topological polar surface area (TPSA) is 75.9 Å². The minimum absolute atomic E-state index is 0.0514. The van der Waals surface area contributed by atoms with E-state index in [1.54, 1.807) is 19.4 Å². The molecule has 8 heteroatoms. The van der Waals surface area contributed by atoms with E-state index in [4.69, 9.17) is 4.74 Å². The zero-order valence-corrected chi connectivity index (χ0v) is 22.0. The van der Waals surface area contributed by atoms with Crippen molar-refractivity contribution in [1.29, 1.82) is 0 Å². The van der Waals surface area contributed by atoms with Crippen LogP contribution in [0.15, 0.2) is 83.7 Å². The van der Waals surface area contributed by atoms with Crippen LogP contribution >= 0.6 is 15.9 Å². The fraction of sp³-hybridized carbons (Fsp3) is 0.207. The molecule has 1 N–H and O–H groups in total. The summed E-state index contributed by atoms with van der Waals surface area (Å²) in [6, 6.07) is 17.3. The van der Waals surface area contributed by atoms with Crippen LogP contribution in [0.5, 0.6) is 5.75 Å². The van der Waals surface area contributed by atoms with E-state index in [1.165, 1.54) is 11.6 Å². The largest absolute Gasteiger partial charge is 0.496 e. The summed E-state index contributed by atoms with van der Waals surface area (Å²) in [6.45, 7) is 1.43. The van der Waals surface area contributed by atoms with Gasteiger partial charge in [0.05, 0.1) is 7.11 Å². The molecular weight excluding hydrogens is 532 g/mol. The molecule has 1 aliphatic heterocycles. The summed E-state index contributed by atoms with van der Waals surface area (Å²) in [5, 5.41) is 2.91. The molecule has 0 unspecified atom stereocenters. The Labute approximate surface area is 223 Å². The normalized spacial score (nSPS) is 14.3. The second kappa shape index (κ2) is 11.0. The summed E-state index contributed by atoms with van der Waals surface area (Å²) in [6.07, 6.45) is 10.5. The number of imidazole rings is 1. The number of fused-ring (bicyclic) bond motifs is 1. The minimum Gasteiger partial charge on any atom is -0.496 e. The lowest BCUT2D eigenvalue weighted by atomic mass is 9.89. The number of rotatable bonds is 6. The first-order valence-electron chi connectivity index (χ1n) is 12.1. The first kappa shape index (κ1) is 24.8. The monoisotopic (exact) mass is 558 g/mol. The van der Waals surface area contributed by atoms with Gasteiger partial charge in [0.15, 0.2) is 0 Å². The third-order valence-corrected chi connectivity index (χ3v) is 7.18. The Morgan fingerprint density at radius 1 is 1.05 bits per heavy atom. The second-order valence-electron chi connectivity index (χ2n) is 9.01. The number of carbonyl (C=O) groups is 2. The Balaban J connectivity index is 1.15. The molecule has 1 fully saturated rings. The van der Waals surface area contributed by atoms with Crippen LogP contribution in [0.1, 0.15) is 40.2 Å². The van der Waals surface area contributed by atoms with Gasteiger partial charge in [-0.15, -0.1) is 0 Å². The van der Waals surface area contributed by atoms with Crippen molar-refractivity contribution in [1.82, 2.24) is 14.3 Å². The summed E-state index contributed by atoms with van der Waals surface area (Å²) in [5.74, 6) is 0.918. The molecule has 0 saturated carbocycles. The Morgan fingerprint density at radius 2 is 1.84 bits per heavy atom. The van der Waals surface area contributed by atoms with Gasteiger partial charge >= 0.3 is 0 Å². The van der Waals surface area contributed by atoms with Crippen LogP contribution in [0.2, 0.25) is 0 Å². The third-order valence-electron chi connectivity index (χ3n) is 6.68. The van der Waals surface area contributed by atoms with Crippen molar-refractivity contribution in [3.63, 3.8) is 0 Å². The lowest BCUT2D eigenvalue weighted by Crippen LogP contribution is -2.37. The molecule has 1 aliphatic rings. The van der Waals surface area contributed by atoms with Crippen LogP contribution in [-0.2, 0) is 4.79 Å². The molecule has 7 nitrogen and oxygen atoms in total. The molecule has 0 atom stereocenters. The highest BCUT2D eigenvalue weighted by molar-refractivity contribution is 9.10. The number of aromatic nitrogens is 2. The lowest BCUT2D eigenvalue weighted by Gasteiger charge is -2.32. The summed E-state index contributed by atoms with van der Waals surface area (Å²) < 4.78 is 8.15. The smallest absolute Gasteiger partial charge is 0.254 e. The predicted molar refractivity (Wildman–Crippen MR) is 148 cm³/mol. The summed E-state index contributed by atoms with van der Waals surface area (Å²) in [4.78, 5) is 31.6. The first-order valence-corrected chi connectivity index (χ1v) is 12.9. The van der Waals surface area contributed by atoms with Crippen LogP contribution in [0.3, 0.4) is 0 Å². The quantitative estimate of drug-likeness (QED) is 0.304. The number of anilines is 1. The molecule has 2 aromatic carbocycles. The number of hydrogen-bond acceptors (Lipinski definition) is 4. The van der Waals surface area contributed by atoms with Crippen molar-refractivity contribution in [3.05, 3.63) is 100 Å². The van der Waals surface area contributed by atoms with Gasteiger partial charge < -0.3 is 19.4 Å². The average Bonchev–Trinajstić information content (AvgIpc) is 3.40. The van der Waals surface area contributed by atoms with Gasteiger partial charge in [-0.25, -0.2) is 4.98 Å². The molecular formula is C29H27BrN4O3. The van der Waals surface area contributed by atoms with Crippen molar-refractivity contribution < 1.29 is 14.3 Å². The molecule has 1 saturated heterocycles. The number of carbonyl (C=O) groups excluding carboxylic acids is 2. The van der Waals surface area contributed by atoms with E-state index in [-0.39, 0.29) is 11.8 Å². The minimum atomic E-state index is -0.213. The fourth-order valence-corrected chi connectivity index (χ4v) is 5.04. The number of hydrogen-bond donors (Lipinski definition) is 1. The molecule has 4 aromatic rings. The number of pyridine rings is 1. The van der Waals surface area contributed by atoms with E-state index in [0.717, 1.165) is 34.2 Å². The Morgan fingerprint density at radius 3 is 2.59 bits per heavy atom. The third kappa shape index (κ3) is 5.75. The maximum Gasteiger partial charge on any atom is 0.254 e. The molecule has 3 heterocycles. The molecule has 37 heavy (non-hydrogen) atoms. The highest BCUT2D eigenvalue weighted by atomic mass is 79.9. The van der Waals surface area contributed by atoms with Crippen LogP contribution in [0.25, 0.3) is 11.7 Å². The van der Waals surface area contributed by atoms with Crippen LogP contribution < -0.4 is 10.1 Å². The number of methoxy groups -OCH3 is 1. The molecule has 0 spiro atoms. The fourth-order valence-electron chi connectivity index (χ4n) is 4.67. The predicted octanol–water partition coefficient (Wildman–Crippen LogP) is 5.78. The van der Waals surface area contributed by atoms with E-state index >= 15 is 0 Å². The van der Waals surface area contributed by atoms with Gasteiger partial charge in [0.25, 0.3) is 5.91 Å². The number of nitrogens with zero attached hydrogens (tertiary/aromatic N) is 3. The molecule has 2 aromatic heterocycles. The summed E-state index contributed by atoms with van der Waals surface area (Å²) in [5.41, 5.74) is 4.22. The number of likely N-dealkylation sites (tertiary alicyclic amines) is 1. The van der Waals surface area contributed by atoms with Gasteiger partial charge in [-0.1, -0.05) is 28.1 Å². The number of amides is 2. The van der Waals surface area contributed by atoms with Crippen LogP contribution in [0, 0.1) is 0 Å². The maximum atomic E-state index is 13.0. The standard InChI is InChI=1S/C29H27BrN4O3/c1-37-26-8-5-24(30)18-22(26)4-9-28(35)32-25-6-2-20(3-7-25)21-10-15-34(16-11-21)29(36)23-12-14-33-17-13-31-27(33)19-23/h2-9,12-14,17-19,21H,10-11,15-16H2,1H3,(H,32,35)/b9-4+. The van der Waals surface area contributed by atoms with E-state index in [0.29, 0.717) is 30.3 Å². The number of benzene rings is 2. The van der Waals surface area contributed by atoms with Gasteiger partial charge in [0.1, 0.15) is 11.4 Å². The van der Waals surface area contributed by atoms with E-state index in [9.17, 15) is 9.59 Å². The molecule has 0 bridgehead atoms. The molecule has 0 radical (unpaired) electrons. The maximum absolute atomic E-state index is 13.0. The van der Waals surface area contributed by atoms with Crippen molar-refractivity contribution in [3.8, 4) is 5.75 Å². The van der Waals surface area contributed by atoms with E-state index < -0.39 is 0 Å². The van der Waals surface area contributed by atoms with Crippen LogP contribution in [0.4, 0.5) is 5.69 Å². The Hall–Kier alpha value is -3.91. The average molecular weight is 559 g/mol. The Bertz CT molecular complexity index is 1450. The number of piperidine rings is 1. The molecule has 188 valence electrons. The molecule has 2 amide bonds. The van der Waals surface area contributed by atoms with E-state index in [2.05, 4.69) is 38.4 Å². The van der Waals surface area contributed by atoms with Gasteiger partial charge in [0.2, 0.25) is 5.91 Å². The van der Waals surface area contributed by atoms with E-state index in [1.807, 2.05) is 64.2 Å². The first-order chi connectivity index (χ1) is 18.0. The van der Waals surface area contributed by atoms with Crippen molar-refractivity contribution in [2.45, 2.75) is 18.8 Å². The van der Waals surface area contributed by atoms with Gasteiger partial charge in [-0.2, -0.15) is 0 Å². The Kier molecular flexibility index (Phi) is 7.37. The van der Waals surface area contributed by atoms with Gasteiger partial charge in [-0.3, -0.25) is 9.59 Å². The van der Waals surface area contributed by atoms with Gasteiger partial charge in [-0.05, 0) is 72.9 Å². The zero-order valence-electron chi connectivity index (χ0n) is 20.4. The molecule has 5 rings (SSSR count). The van der Waals surface area contributed by atoms with Gasteiger partial charge in [0, 0.05) is 59.0 Å². The highest BCUT2D eigenvalue weighted by Crippen LogP contribution is 2.30. The highest BCUT2D eigenvalue weighted by Gasteiger charge is 2.25. The lowest BCUT2D eigenvalue weighted by molar-refractivity contribution is -0.111.